The van der Waals surface area contributed by atoms with Gasteiger partial charge in [0, 0.05) is 0 Å². The Balaban J connectivity index is 3.53. The molecule has 0 aliphatic rings. The molecule has 1 aromatic carbocycles. The molecule has 0 saturated heterocycles. The molecule has 0 saturated carbocycles. The molecule has 0 fully saturated rings. The number of rotatable bonds is 5. The predicted molar refractivity (Wildman–Crippen MR) is 64.5 cm³/mol. The lowest BCUT2D eigenvalue weighted by atomic mass is 10.1. The molecule has 0 aromatic heterocycles. The molecule has 106 valence electrons. The topological polar surface area (TPSA) is 98.5 Å². The molecule has 9 heteroatoms. The van der Waals surface area contributed by atoms with E-state index in [1.807, 2.05) is 4.89 Å². The van der Waals surface area contributed by atoms with Crippen LogP contribution in [0.3, 0.4) is 0 Å². The number of aryl methyl sites for hydroxylation is 1. The Labute approximate surface area is 109 Å². The number of nitro benzene ring substituents is 1. The van der Waals surface area contributed by atoms with Gasteiger partial charge in [0.05, 0.1) is 22.0 Å². The van der Waals surface area contributed by atoms with Crippen LogP contribution < -0.4 is 4.89 Å². The molecule has 0 aliphatic heterocycles. The minimum absolute atomic E-state index is 0.0628. The van der Waals surface area contributed by atoms with Crippen LogP contribution >= 0.6 is 0 Å². The van der Waals surface area contributed by atoms with Crippen LogP contribution in [0.1, 0.15) is 18.1 Å². The van der Waals surface area contributed by atoms with Crippen LogP contribution in [0.2, 0.25) is 0 Å². The molecule has 0 atom stereocenters. The van der Waals surface area contributed by atoms with Gasteiger partial charge in [0.1, 0.15) is 0 Å². The van der Waals surface area contributed by atoms with Gasteiger partial charge < -0.3 is 0 Å². The zero-order chi connectivity index (χ0) is 14.8. The average molecular weight is 292 g/mol. The molecular formula is C10H13FN2O5S. The molecular weight excluding hydrogens is 279 g/mol. The van der Waals surface area contributed by atoms with Gasteiger partial charge in [-0.3, -0.25) is 15.0 Å². The Kier molecular flexibility index (Phi) is 4.56. The number of benzene rings is 1. The first-order chi connectivity index (χ1) is 8.72. The lowest BCUT2D eigenvalue weighted by Gasteiger charge is -2.12. The molecule has 0 amide bonds. The van der Waals surface area contributed by atoms with Gasteiger partial charge in [0.15, 0.2) is 0 Å². The monoisotopic (exact) mass is 292 g/mol. The Morgan fingerprint density at radius 3 is 2.53 bits per heavy atom. The lowest BCUT2D eigenvalue weighted by Crippen LogP contribution is -2.26. The highest BCUT2D eigenvalue weighted by atomic mass is 32.2. The summed E-state index contributed by atoms with van der Waals surface area (Å²) >= 11 is 0. The van der Waals surface area contributed by atoms with Crippen molar-refractivity contribution >= 4 is 15.7 Å². The largest absolute Gasteiger partial charge is 0.309 e. The number of nitro groups is 1. The van der Waals surface area contributed by atoms with Crippen molar-refractivity contribution in [1.29, 1.82) is 0 Å². The number of nitrogens with zero attached hydrogens (tertiary/aromatic N) is 1. The molecule has 0 heterocycles. The summed E-state index contributed by atoms with van der Waals surface area (Å²) in [4.78, 5) is 15.9. The number of halogens is 1. The smallest absolute Gasteiger partial charge is 0.287 e. The minimum Gasteiger partial charge on any atom is -0.287 e. The number of sulfonamides is 1. The Morgan fingerprint density at radius 2 is 2.05 bits per heavy atom. The number of hydrogen-bond donors (Lipinski definition) is 1. The van der Waals surface area contributed by atoms with Gasteiger partial charge in [-0.1, -0.05) is 4.89 Å². The van der Waals surface area contributed by atoms with Gasteiger partial charge in [-0.15, -0.1) is 0 Å². The quantitative estimate of drug-likeness (QED) is 0.656. The van der Waals surface area contributed by atoms with Crippen LogP contribution in [-0.2, 0) is 14.9 Å². The second-order valence-corrected chi connectivity index (χ2v) is 5.34. The van der Waals surface area contributed by atoms with E-state index in [0.29, 0.717) is 0 Å². The van der Waals surface area contributed by atoms with Crippen molar-refractivity contribution in [3.8, 4) is 0 Å². The second kappa shape index (κ2) is 5.59. The summed E-state index contributed by atoms with van der Waals surface area (Å²) < 4.78 is 37.4. The first-order valence-electron chi connectivity index (χ1n) is 5.30. The van der Waals surface area contributed by atoms with Crippen LogP contribution in [0.5, 0.6) is 0 Å². The number of hydrogen-bond acceptors (Lipinski definition) is 5. The van der Waals surface area contributed by atoms with Crippen molar-refractivity contribution in [3.05, 3.63) is 33.1 Å². The molecule has 0 radical (unpaired) electrons. The Bertz CT molecular complexity index is 615. The third-order valence-electron chi connectivity index (χ3n) is 2.39. The maximum Gasteiger partial charge on any atom is 0.309 e. The number of nitrogens with one attached hydrogen (secondary N) is 1. The summed E-state index contributed by atoms with van der Waals surface area (Å²) in [6.45, 7) is 4.17. The van der Waals surface area contributed by atoms with Crippen LogP contribution in [0.25, 0.3) is 0 Å². The van der Waals surface area contributed by atoms with E-state index in [0.717, 1.165) is 6.07 Å². The van der Waals surface area contributed by atoms with Crippen molar-refractivity contribution in [1.82, 2.24) is 4.89 Å². The molecule has 0 spiro atoms. The van der Waals surface area contributed by atoms with E-state index < -0.39 is 26.5 Å². The highest BCUT2D eigenvalue weighted by Crippen LogP contribution is 2.30. The molecule has 0 unspecified atom stereocenters. The van der Waals surface area contributed by atoms with Crippen molar-refractivity contribution in [3.63, 3.8) is 0 Å². The van der Waals surface area contributed by atoms with Crippen LogP contribution in [0.4, 0.5) is 10.1 Å². The van der Waals surface area contributed by atoms with E-state index in [-0.39, 0.29) is 22.6 Å². The van der Waals surface area contributed by atoms with Crippen LogP contribution in [-0.4, -0.2) is 19.9 Å². The maximum absolute atomic E-state index is 13.5. The van der Waals surface area contributed by atoms with E-state index in [1.54, 1.807) is 6.92 Å². The standard InChI is InChI=1S/C10H13FN2O5S/c1-4-18-12-19(16,17)10-6(2)5-8(11)9(7(10)3)13(14)15/h5,12H,4H2,1-3H3. The Morgan fingerprint density at radius 1 is 1.47 bits per heavy atom. The molecule has 1 N–H and O–H groups in total. The van der Waals surface area contributed by atoms with E-state index in [1.165, 1.54) is 13.8 Å². The van der Waals surface area contributed by atoms with Gasteiger partial charge in [-0.05, 0) is 32.4 Å². The summed E-state index contributed by atoms with van der Waals surface area (Å²) in [6.07, 6.45) is 0. The highest BCUT2D eigenvalue weighted by molar-refractivity contribution is 7.89. The van der Waals surface area contributed by atoms with Crippen molar-refractivity contribution in [2.45, 2.75) is 25.7 Å². The highest BCUT2D eigenvalue weighted by Gasteiger charge is 2.29. The molecule has 1 rings (SSSR count). The van der Waals surface area contributed by atoms with E-state index >= 15 is 0 Å². The summed E-state index contributed by atoms with van der Waals surface area (Å²) in [5, 5.41) is 10.8. The van der Waals surface area contributed by atoms with Gasteiger partial charge in [0.2, 0.25) is 5.82 Å². The third-order valence-corrected chi connectivity index (χ3v) is 3.89. The fraction of sp³-hybridized carbons (Fsp3) is 0.400. The lowest BCUT2D eigenvalue weighted by molar-refractivity contribution is -0.388. The average Bonchev–Trinajstić information content (AvgIpc) is 2.24. The fourth-order valence-electron chi connectivity index (χ4n) is 1.72. The molecule has 0 bridgehead atoms. The predicted octanol–water partition coefficient (Wildman–Crippen LogP) is 1.58. The van der Waals surface area contributed by atoms with Crippen molar-refractivity contribution < 1.29 is 22.6 Å². The van der Waals surface area contributed by atoms with Crippen LogP contribution in [0, 0.1) is 29.8 Å². The van der Waals surface area contributed by atoms with E-state index in [4.69, 9.17) is 0 Å². The summed E-state index contributed by atoms with van der Waals surface area (Å²) in [5.41, 5.74) is -1.06. The minimum atomic E-state index is -4.10. The van der Waals surface area contributed by atoms with Gasteiger partial charge in [-0.25, -0.2) is 8.42 Å². The molecule has 7 nitrogen and oxygen atoms in total. The molecule has 1 aromatic rings. The second-order valence-electron chi connectivity index (χ2n) is 3.75. The first kappa shape index (κ1) is 15.5. The zero-order valence-corrected chi connectivity index (χ0v) is 11.4. The summed E-state index contributed by atoms with van der Waals surface area (Å²) in [5.74, 6) is -1.07. The zero-order valence-electron chi connectivity index (χ0n) is 10.6. The summed E-state index contributed by atoms with van der Waals surface area (Å²) in [7, 11) is -4.10. The van der Waals surface area contributed by atoms with E-state index in [2.05, 4.69) is 4.84 Å². The fourth-order valence-corrected chi connectivity index (χ4v) is 3.06. The maximum atomic E-state index is 13.5. The normalized spacial score (nSPS) is 11.6. The van der Waals surface area contributed by atoms with Gasteiger partial charge in [0.25, 0.3) is 10.0 Å². The van der Waals surface area contributed by atoms with Gasteiger partial charge in [-0.2, -0.15) is 4.39 Å². The van der Waals surface area contributed by atoms with Crippen molar-refractivity contribution in [2.24, 2.45) is 0 Å². The van der Waals surface area contributed by atoms with Gasteiger partial charge >= 0.3 is 5.69 Å². The Hall–Kier alpha value is -1.58. The van der Waals surface area contributed by atoms with Crippen LogP contribution in [0.15, 0.2) is 11.0 Å². The van der Waals surface area contributed by atoms with E-state index in [9.17, 15) is 22.9 Å². The van der Waals surface area contributed by atoms with Crippen molar-refractivity contribution in [2.75, 3.05) is 6.61 Å². The third kappa shape index (κ3) is 3.06. The SMILES string of the molecule is CCONS(=O)(=O)c1c(C)cc(F)c([N+](=O)[O-])c1C. The molecule has 19 heavy (non-hydrogen) atoms. The first-order valence-corrected chi connectivity index (χ1v) is 6.78. The molecule has 0 aliphatic carbocycles. The summed E-state index contributed by atoms with van der Waals surface area (Å²) in [6, 6.07) is 0.811.